The van der Waals surface area contributed by atoms with Crippen LogP contribution in [0.15, 0.2) is 36.4 Å². The van der Waals surface area contributed by atoms with Crippen LogP contribution in [-0.2, 0) is 14.8 Å². The molecule has 6 nitrogen and oxygen atoms in total. The molecule has 0 aromatic heterocycles. The second-order valence-electron chi connectivity index (χ2n) is 5.65. The molecule has 0 aliphatic rings. The maximum absolute atomic E-state index is 12.0. The van der Waals surface area contributed by atoms with E-state index in [2.05, 4.69) is 10.0 Å². The second kappa shape index (κ2) is 7.76. The molecule has 0 aliphatic heterocycles. The fourth-order valence-electron chi connectivity index (χ4n) is 2.06. The van der Waals surface area contributed by atoms with E-state index >= 15 is 0 Å². The van der Waals surface area contributed by atoms with Gasteiger partial charge in [0.1, 0.15) is 5.75 Å². The Labute approximate surface area is 152 Å². The molecule has 0 radical (unpaired) electrons. The molecule has 2 aromatic carbocycles. The van der Waals surface area contributed by atoms with E-state index in [4.69, 9.17) is 16.3 Å². The molecule has 2 N–H and O–H groups in total. The monoisotopic (exact) mass is 382 g/mol. The van der Waals surface area contributed by atoms with Crippen LogP contribution in [-0.4, -0.2) is 27.2 Å². The number of halogens is 1. The van der Waals surface area contributed by atoms with Gasteiger partial charge in [-0.2, -0.15) is 0 Å². The molecule has 134 valence electrons. The lowest BCUT2D eigenvalue weighted by molar-refractivity contribution is -0.118. The first-order chi connectivity index (χ1) is 11.6. The molecule has 1 amide bonds. The van der Waals surface area contributed by atoms with Crippen molar-refractivity contribution in [1.29, 1.82) is 0 Å². The smallest absolute Gasteiger partial charge is 0.262 e. The highest BCUT2D eigenvalue weighted by molar-refractivity contribution is 7.92. The van der Waals surface area contributed by atoms with Crippen molar-refractivity contribution in [3.8, 4) is 5.75 Å². The van der Waals surface area contributed by atoms with E-state index in [0.29, 0.717) is 22.1 Å². The van der Waals surface area contributed by atoms with Crippen molar-refractivity contribution in [3.63, 3.8) is 0 Å². The molecule has 0 spiro atoms. The molecule has 0 aliphatic carbocycles. The quantitative estimate of drug-likeness (QED) is 0.802. The maximum Gasteiger partial charge on any atom is 0.262 e. The summed E-state index contributed by atoms with van der Waals surface area (Å²) in [6.45, 7) is 3.44. The number of aryl methyl sites for hydroxylation is 2. The predicted molar refractivity (Wildman–Crippen MR) is 100.0 cm³/mol. The van der Waals surface area contributed by atoms with Crippen LogP contribution in [0, 0.1) is 13.8 Å². The Morgan fingerprint density at radius 3 is 2.48 bits per heavy atom. The number of anilines is 2. The maximum atomic E-state index is 12.0. The van der Waals surface area contributed by atoms with E-state index in [0.717, 1.165) is 17.4 Å². The Bertz CT molecular complexity index is 898. The zero-order valence-electron chi connectivity index (χ0n) is 14.1. The van der Waals surface area contributed by atoms with Crippen molar-refractivity contribution in [2.45, 2.75) is 13.8 Å². The highest BCUT2D eigenvalue weighted by Gasteiger charge is 2.09. The minimum atomic E-state index is -3.40. The molecule has 0 unspecified atom stereocenters. The van der Waals surface area contributed by atoms with Gasteiger partial charge in [-0.3, -0.25) is 9.52 Å². The number of benzene rings is 2. The van der Waals surface area contributed by atoms with Gasteiger partial charge >= 0.3 is 0 Å². The molecule has 0 saturated carbocycles. The van der Waals surface area contributed by atoms with Gasteiger partial charge in [0.25, 0.3) is 5.91 Å². The molecule has 0 atom stereocenters. The largest absolute Gasteiger partial charge is 0.484 e. The van der Waals surface area contributed by atoms with E-state index in [1.807, 2.05) is 6.92 Å². The van der Waals surface area contributed by atoms with Gasteiger partial charge in [0.2, 0.25) is 10.0 Å². The van der Waals surface area contributed by atoms with E-state index in [9.17, 15) is 13.2 Å². The molecular weight excluding hydrogens is 364 g/mol. The van der Waals surface area contributed by atoms with Gasteiger partial charge in [0.15, 0.2) is 6.61 Å². The third-order valence-corrected chi connectivity index (χ3v) is 4.33. The SMILES string of the molecule is Cc1cc(OCC(=O)Nc2ccc(C)c(NS(C)(=O)=O)c2)ccc1Cl. The summed E-state index contributed by atoms with van der Waals surface area (Å²) in [5.74, 6) is 0.183. The van der Waals surface area contributed by atoms with Crippen LogP contribution in [0.2, 0.25) is 5.02 Å². The number of sulfonamides is 1. The van der Waals surface area contributed by atoms with Crippen LogP contribution in [0.5, 0.6) is 5.75 Å². The number of carbonyl (C=O) groups is 1. The number of nitrogens with one attached hydrogen (secondary N) is 2. The van der Waals surface area contributed by atoms with Crippen LogP contribution in [0.25, 0.3) is 0 Å². The van der Waals surface area contributed by atoms with Crippen molar-refractivity contribution < 1.29 is 17.9 Å². The number of ether oxygens (including phenoxy) is 1. The second-order valence-corrected chi connectivity index (χ2v) is 7.81. The molecule has 0 saturated heterocycles. The molecular formula is C17H19ClN2O4S. The average molecular weight is 383 g/mol. The van der Waals surface area contributed by atoms with Crippen molar-refractivity contribution in [1.82, 2.24) is 0 Å². The third kappa shape index (κ3) is 5.95. The summed E-state index contributed by atoms with van der Waals surface area (Å²) in [4.78, 5) is 12.0. The van der Waals surface area contributed by atoms with E-state index in [-0.39, 0.29) is 12.5 Å². The Kier molecular flexibility index (Phi) is 5.92. The lowest BCUT2D eigenvalue weighted by Gasteiger charge is -2.12. The topological polar surface area (TPSA) is 84.5 Å². The first-order valence-corrected chi connectivity index (χ1v) is 9.68. The van der Waals surface area contributed by atoms with Crippen LogP contribution in [0.4, 0.5) is 11.4 Å². The van der Waals surface area contributed by atoms with Crippen LogP contribution in [0.3, 0.4) is 0 Å². The fraction of sp³-hybridized carbons (Fsp3) is 0.235. The first kappa shape index (κ1) is 19.1. The van der Waals surface area contributed by atoms with Crippen molar-refractivity contribution in [3.05, 3.63) is 52.5 Å². The summed E-state index contributed by atoms with van der Waals surface area (Å²) < 4.78 is 30.6. The van der Waals surface area contributed by atoms with Crippen LogP contribution < -0.4 is 14.8 Å². The standard InChI is InChI=1S/C17H19ClN2O4S/c1-11-4-5-13(9-16(11)20-25(3,22)23)19-17(21)10-24-14-6-7-15(18)12(2)8-14/h4-9,20H,10H2,1-3H3,(H,19,21). The lowest BCUT2D eigenvalue weighted by atomic mass is 10.2. The first-order valence-electron chi connectivity index (χ1n) is 7.41. The van der Waals surface area contributed by atoms with Crippen molar-refractivity contribution in [2.75, 3.05) is 22.9 Å². The number of rotatable bonds is 6. The molecule has 2 rings (SSSR count). The highest BCUT2D eigenvalue weighted by Crippen LogP contribution is 2.22. The third-order valence-electron chi connectivity index (χ3n) is 3.32. The summed E-state index contributed by atoms with van der Waals surface area (Å²) >= 11 is 5.94. The van der Waals surface area contributed by atoms with Gasteiger partial charge < -0.3 is 10.1 Å². The number of hydrogen-bond donors (Lipinski definition) is 2. The Morgan fingerprint density at radius 1 is 1.12 bits per heavy atom. The van der Waals surface area contributed by atoms with Gasteiger partial charge in [-0.15, -0.1) is 0 Å². The number of amides is 1. The van der Waals surface area contributed by atoms with E-state index in [1.54, 1.807) is 43.3 Å². The molecule has 8 heteroatoms. The van der Waals surface area contributed by atoms with Gasteiger partial charge in [-0.25, -0.2) is 8.42 Å². The normalized spacial score (nSPS) is 11.0. The summed E-state index contributed by atoms with van der Waals surface area (Å²) in [5.41, 5.74) is 2.48. The summed E-state index contributed by atoms with van der Waals surface area (Å²) in [6, 6.07) is 10.1. The summed E-state index contributed by atoms with van der Waals surface area (Å²) in [7, 11) is -3.40. The zero-order chi connectivity index (χ0) is 18.6. The Balaban J connectivity index is 2.00. The number of carbonyl (C=O) groups excluding carboxylic acids is 1. The van der Waals surface area contributed by atoms with E-state index in [1.165, 1.54) is 0 Å². The summed E-state index contributed by atoms with van der Waals surface area (Å²) in [6.07, 6.45) is 1.07. The Hall–Kier alpha value is -2.25. The molecule has 0 fully saturated rings. The Morgan fingerprint density at radius 2 is 1.84 bits per heavy atom. The lowest BCUT2D eigenvalue weighted by Crippen LogP contribution is -2.20. The minimum absolute atomic E-state index is 0.177. The van der Waals surface area contributed by atoms with Crippen molar-refractivity contribution in [2.24, 2.45) is 0 Å². The van der Waals surface area contributed by atoms with Gasteiger partial charge in [-0.05, 0) is 55.3 Å². The molecule has 2 aromatic rings. The van der Waals surface area contributed by atoms with Gasteiger partial charge in [0, 0.05) is 10.7 Å². The average Bonchev–Trinajstić information content (AvgIpc) is 2.50. The number of hydrogen-bond acceptors (Lipinski definition) is 4. The van der Waals surface area contributed by atoms with Gasteiger partial charge in [0.05, 0.1) is 11.9 Å². The molecule has 0 heterocycles. The van der Waals surface area contributed by atoms with Crippen molar-refractivity contribution >= 4 is 38.9 Å². The summed E-state index contributed by atoms with van der Waals surface area (Å²) in [5, 5.41) is 3.29. The molecule has 0 bridgehead atoms. The van der Waals surface area contributed by atoms with E-state index < -0.39 is 10.0 Å². The van der Waals surface area contributed by atoms with Crippen LogP contribution >= 0.6 is 11.6 Å². The fourth-order valence-corrected chi connectivity index (χ4v) is 2.80. The predicted octanol–water partition coefficient (Wildman–Crippen LogP) is 3.35. The van der Waals surface area contributed by atoms with Crippen LogP contribution in [0.1, 0.15) is 11.1 Å². The minimum Gasteiger partial charge on any atom is -0.484 e. The zero-order valence-corrected chi connectivity index (χ0v) is 15.7. The highest BCUT2D eigenvalue weighted by atomic mass is 35.5. The molecule has 25 heavy (non-hydrogen) atoms. The van der Waals surface area contributed by atoms with Gasteiger partial charge in [-0.1, -0.05) is 17.7 Å².